The number of allylic oxidation sites excluding steroid dienone is 4. The van der Waals surface area contributed by atoms with Gasteiger partial charge >= 0.3 is 0 Å². The van der Waals surface area contributed by atoms with Crippen LogP contribution in [0.25, 0.3) is 0 Å². The molecule has 0 nitrogen and oxygen atoms in total. The van der Waals surface area contributed by atoms with E-state index in [-0.39, 0.29) is 15.8 Å². The lowest BCUT2D eigenvalue weighted by Crippen LogP contribution is -2.28. The van der Waals surface area contributed by atoms with Crippen molar-refractivity contribution in [1.82, 2.24) is 0 Å². The van der Waals surface area contributed by atoms with Gasteiger partial charge in [-0.2, -0.15) is 0 Å². The van der Waals surface area contributed by atoms with Crippen LogP contribution in [-0.4, -0.2) is 32.9 Å². The van der Waals surface area contributed by atoms with Crippen molar-refractivity contribution < 1.29 is 0 Å². The molecular weight excluding hydrogens is 338 g/mol. The van der Waals surface area contributed by atoms with Crippen LogP contribution in [0.2, 0.25) is 0 Å². The third-order valence-electron chi connectivity index (χ3n) is 5.05. The quantitative estimate of drug-likeness (QED) is 0.428. The molecule has 25 heavy (non-hydrogen) atoms. The molecule has 0 N–H and O–H groups in total. The van der Waals surface area contributed by atoms with Gasteiger partial charge in [0.05, 0.1) is 0 Å². The molecule has 0 spiro atoms. The van der Waals surface area contributed by atoms with Crippen molar-refractivity contribution in [1.29, 1.82) is 0 Å². The first-order valence-electron chi connectivity index (χ1n) is 9.87. The SMILES string of the molecule is CC(C)(C)P(CC1=C(CP(C(C)(C)C)C(C)(C)C)CC=C1)C(C)(C)C. The first-order chi connectivity index (χ1) is 10.9. The lowest BCUT2D eigenvalue weighted by atomic mass is 10.2. The van der Waals surface area contributed by atoms with Crippen LogP contribution in [-0.2, 0) is 0 Å². The monoisotopic (exact) mass is 382 g/mol. The van der Waals surface area contributed by atoms with Gasteiger partial charge in [0.2, 0.25) is 0 Å². The van der Waals surface area contributed by atoms with E-state index in [1.165, 1.54) is 18.7 Å². The molecule has 0 aromatic rings. The molecule has 0 amide bonds. The molecule has 146 valence electrons. The van der Waals surface area contributed by atoms with Crippen LogP contribution in [0.3, 0.4) is 0 Å². The van der Waals surface area contributed by atoms with Crippen molar-refractivity contribution in [3.63, 3.8) is 0 Å². The second-order valence-electron chi connectivity index (χ2n) is 11.6. The predicted molar refractivity (Wildman–Crippen MR) is 123 cm³/mol. The summed E-state index contributed by atoms with van der Waals surface area (Å²) in [6.45, 7) is 29.4. The highest BCUT2D eigenvalue weighted by Crippen LogP contribution is 2.63. The van der Waals surface area contributed by atoms with Crippen molar-refractivity contribution in [3.8, 4) is 0 Å². The van der Waals surface area contributed by atoms with Gasteiger partial charge in [0, 0.05) is 0 Å². The van der Waals surface area contributed by atoms with Gasteiger partial charge in [0.15, 0.2) is 0 Å². The first kappa shape index (κ1) is 23.4. The fourth-order valence-electron chi connectivity index (χ4n) is 4.25. The topological polar surface area (TPSA) is 0 Å². The molecule has 0 unspecified atom stereocenters. The molecule has 0 aromatic heterocycles. The second-order valence-corrected chi connectivity index (χ2v) is 19.3. The molecule has 1 aliphatic rings. The Kier molecular flexibility index (Phi) is 7.26. The summed E-state index contributed by atoms with van der Waals surface area (Å²) >= 11 is 0. The van der Waals surface area contributed by atoms with Gasteiger partial charge in [-0.1, -0.05) is 117 Å². The third-order valence-corrected chi connectivity index (χ3v) is 12.9. The first-order valence-corrected chi connectivity index (χ1v) is 12.9. The molecule has 0 saturated carbocycles. The minimum absolute atomic E-state index is 0.0523. The number of hydrogen-bond acceptors (Lipinski definition) is 0. The van der Waals surface area contributed by atoms with Gasteiger partial charge in [0.1, 0.15) is 0 Å². The van der Waals surface area contributed by atoms with Crippen molar-refractivity contribution >= 4 is 15.8 Å². The van der Waals surface area contributed by atoms with Crippen LogP contribution < -0.4 is 0 Å². The Morgan fingerprint density at radius 3 is 1.36 bits per heavy atom. The zero-order valence-electron chi connectivity index (χ0n) is 19.2. The summed E-state index contributed by atoms with van der Waals surface area (Å²) in [5, 5.41) is 1.63. The Morgan fingerprint density at radius 2 is 1.00 bits per heavy atom. The highest BCUT2D eigenvalue weighted by Gasteiger charge is 2.37. The standard InChI is InChI=1S/C23H44P2/c1-20(2,3)24(21(4,5)6)16-18-14-13-15-19(18)17-25(22(7,8)9)23(10,11)12/h13-14H,15-17H2,1-12H3. The van der Waals surface area contributed by atoms with E-state index >= 15 is 0 Å². The molecule has 0 aliphatic heterocycles. The van der Waals surface area contributed by atoms with Crippen molar-refractivity contribution in [2.24, 2.45) is 0 Å². The summed E-state index contributed by atoms with van der Waals surface area (Å²) in [7, 11) is -0.116. The zero-order chi connectivity index (χ0) is 19.8. The maximum atomic E-state index is 2.46. The lowest BCUT2D eigenvalue weighted by molar-refractivity contribution is 0.703. The lowest BCUT2D eigenvalue weighted by Gasteiger charge is -2.43. The summed E-state index contributed by atoms with van der Waals surface area (Å²) < 4.78 is 0. The van der Waals surface area contributed by atoms with Crippen LogP contribution >= 0.6 is 15.8 Å². The zero-order valence-corrected chi connectivity index (χ0v) is 21.0. The molecule has 0 bridgehead atoms. The van der Waals surface area contributed by atoms with Crippen LogP contribution in [0.4, 0.5) is 0 Å². The molecule has 1 rings (SSSR count). The Bertz CT molecular complexity index is 482. The average Bonchev–Trinajstić information content (AvgIpc) is 2.74. The van der Waals surface area contributed by atoms with E-state index in [2.05, 4.69) is 95.2 Å². The molecule has 0 saturated heterocycles. The van der Waals surface area contributed by atoms with Crippen LogP contribution in [0.1, 0.15) is 89.5 Å². The van der Waals surface area contributed by atoms with Crippen molar-refractivity contribution in [2.75, 3.05) is 12.3 Å². The smallest absolute Gasteiger partial charge is 0.00640 e. The van der Waals surface area contributed by atoms with E-state index in [9.17, 15) is 0 Å². The third kappa shape index (κ3) is 6.78. The van der Waals surface area contributed by atoms with Crippen LogP contribution in [0.15, 0.2) is 23.3 Å². The molecule has 0 atom stereocenters. The Labute approximate surface area is 161 Å². The van der Waals surface area contributed by atoms with Gasteiger partial charge in [-0.3, -0.25) is 0 Å². The molecule has 1 aliphatic carbocycles. The highest BCUT2D eigenvalue weighted by molar-refractivity contribution is 7.61. The molecule has 0 heterocycles. The second kappa shape index (κ2) is 7.76. The molecular formula is C23H44P2. The van der Waals surface area contributed by atoms with Gasteiger partial charge in [-0.15, -0.1) is 0 Å². The molecule has 0 fully saturated rings. The van der Waals surface area contributed by atoms with Gasteiger partial charge in [-0.25, -0.2) is 0 Å². The maximum absolute atomic E-state index is 2.46. The minimum Gasteiger partial charge on any atom is -0.0915 e. The summed E-state index contributed by atoms with van der Waals surface area (Å²) in [6.07, 6.45) is 8.69. The van der Waals surface area contributed by atoms with E-state index in [0.717, 1.165) is 0 Å². The van der Waals surface area contributed by atoms with E-state index < -0.39 is 0 Å². The Hall–Kier alpha value is 0.340. The van der Waals surface area contributed by atoms with Gasteiger partial charge < -0.3 is 0 Å². The van der Waals surface area contributed by atoms with Gasteiger partial charge in [-0.05, 0) is 44.9 Å². The van der Waals surface area contributed by atoms with Crippen LogP contribution in [0, 0.1) is 0 Å². The molecule has 0 radical (unpaired) electrons. The fourth-order valence-corrected chi connectivity index (χ4v) is 11.6. The van der Waals surface area contributed by atoms with Crippen LogP contribution in [0.5, 0.6) is 0 Å². The summed E-state index contributed by atoms with van der Waals surface area (Å²) in [5.41, 5.74) is 3.42. The van der Waals surface area contributed by atoms with Gasteiger partial charge in [0.25, 0.3) is 0 Å². The minimum atomic E-state index is -0.0635. The summed E-state index contributed by atoms with van der Waals surface area (Å²) in [4.78, 5) is 0. The normalized spacial score (nSPS) is 17.4. The predicted octanol–water partition coefficient (Wildman–Crippen LogP) is 8.40. The van der Waals surface area contributed by atoms with E-state index in [4.69, 9.17) is 0 Å². The van der Waals surface area contributed by atoms with Crippen molar-refractivity contribution in [2.45, 2.75) is 110 Å². The highest BCUT2D eigenvalue weighted by atomic mass is 31.1. The average molecular weight is 383 g/mol. The number of rotatable bonds is 4. The van der Waals surface area contributed by atoms with E-state index in [0.29, 0.717) is 20.6 Å². The molecule has 2 heteroatoms. The number of hydrogen-bond donors (Lipinski definition) is 0. The largest absolute Gasteiger partial charge is 0.0915 e. The molecule has 0 aromatic carbocycles. The maximum Gasteiger partial charge on any atom is -0.00640 e. The van der Waals surface area contributed by atoms with E-state index in [1.807, 2.05) is 0 Å². The summed E-state index contributed by atoms with van der Waals surface area (Å²) in [6, 6.07) is 0. The Morgan fingerprint density at radius 1 is 0.640 bits per heavy atom. The van der Waals surface area contributed by atoms with Crippen molar-refractivity contribution in [3.05, 3.63) is 23.3 Å². The Balaban J connectivity index is 3.14. The fraction of sp³-hybridized carbons (Fsp3) is 0.826. The van der Waals surface area contributed by atoms with E-state index in [1.54, 1.807) is 11.1 Å². The summed E-state index contributed by atoms with van der Waals surface area (Å²) in [5.74, 6) is 0.